The molecule has 1 aliphatic carbocycles. The summed E-state index contributed by atoms with van der Waals surface area (Å²) >= 11 is 3.54. The van der Waals surface area contributed by atoms with E-state index in [2.05, 4.69) is 38.7 Å². The summed E-state index contributed by atoms with van der Waals surface area (Å²) < 4.78 is 1.05. The molecule has 2 rings (SSSR count). The SMILES string of the molecule is CNCCCNC(=O)C1(c2cccc(Br)c2)CCCCC1. The van der Waals surface area contributed by atoms with Crippen molar-refractivity contribution in [2.75, 3.05) is 20.1 Å². The first-order valence-corrected chi connectivity index (χ1v) is 8.67. The van der Waals surface area contributed by atoms with Crippen molar-refractivity contribution >= 4 is 21.8 Å². The van der Waals surface area contributed by atoms with Gasteiger partial charge in [-0.1, -0.05) is 47.3 Å². The predicted octanol–water partition coefficient (Wildman–Crippen LogP) is 3.38. The quantitative estimate of drug-likeness (QED) is 0.770. The van der Waals surface area contributed by atoms with Crippen LogP contribution in [0, 0.1) is 0 Å². The molecule has 0 saturated heterocycles. The zero-order valence-corrected chi connectivity index (χ0v) is 14.3. The lowest BCUT2D eigenvalue weighted by atomic mass is 9.68. The molecule has 1 fully saturated rings. The smallest absolute Gasteiger partial charge is 0.230 e. The van der Waals surface area contributed by atoms with Crippen molar-refractivity contribution < 1.29 is 4.79 Å². The molecule has 0 unspecified atom stereocenters. The van der Waals surface area contributed by atoms with E-state index in [4.69, 9.17) is 0 Å². The third kappa shape index (κ3) is 4.07. The van der Waals surface area contributed by atoms with Crippen molar-refractivity contribution in [3.05, 3.63) is 34.3 Å². The minimum absolute atomic E-state index is 0.205. The fourth-order valence-corrected chi connectivity index (χ4v) is 3.62. The van der Waals surface area contributed by atoms with Crippen molar-refractivity contribution in [2.45, 2.75) is 43.9 Å². The standard InChI is InChI=1S/C17H25BrN2O/c1-19-11-6-12-20-16(21)17(9-3-2-4-10-17)14-7-5-8-15(18)13-14/h5,7-8,13,19H,2-4,6,9-12H2,1H3,(H,20,21). The van der Waals surface area contributed by atoms with Gasteiger partial charge in [-0.3, -0.25) is 4.79 Å². The van der Waals surface area contributed by atoms with Crippen LogP contribution in [0.3, 0.4) is 0 Å². The van der Waals surface area contributed by atoms with E-state index in [0.717, 1.165) is 55.2 Å². The highest BCUT2D eigenvalue weighted by Gasteiger charge is 2.40. The van der Waals surface area contributed by atoms with E-state index in [0.29, 0.717) is 0 Å². The molecule has 1 aromatic rings. The van der Waals surface area contributed by atoms with Gasteiger partial charge < -0.3 is 10.6 Å². The Hall–Kier alpha value is -0.870. The molecule has 0 heterocycles. The van der Waals surface area contributed by atoms with Gasteiger partial charge in [-0.05, 0) is 50.6 Å². The number of hydrogen-bond donors (Lipinski definition) is 2. The van der Waals surface area contributed by atoms with Crippen LogP contribution in [0.4, 0.5) is 0 Å². The van der Waals surface area contributed by atoms with Gasteiger partial charge in [-0.2, -0.15) is 0 Å². The van der Waals surface area contributed by atoms with Crippen LogP contribution in [0.2, 0.25) is 0 Å². The summed E-state index contributed by atoms with van der Waals surface area (Å²) in [6.45, 7) is 1.68. The van der Waals surface area contributed by atoms with Crippen molar-refractivity contribution in [3.8, 4) is 0 Å². The highest BCUT2D eigenvalue weighted by Crippen LogP contribution is 2.40. The summed E-state index contributed by atoms with van der Waals surface area (Å²) in [4.78, 5) is 12.8. The summed E-state index contributed by atoms with van der Waals surface area (Å²) in [6, 6.07) is 8.26. The van der Waals surface area contributed by atoms with Crippen molar-refractivity contribution in [1.29, 1.82) is 0 Å². The van der Waals surface area contributed by atoms with Crippen molar-refractivity contribution in [2.24, 2.45) is 0 Å². The lowest BCUT2D eigenvalue weighted by molar-refractivity contribution is -0.128. The molecule has 21 heavy (non-hydrogen) atoms. The minimum atomic E-state index is -0.332. The maximum absolute atomic E-state index is 12.8. The summed E-state index contributed by atoms with van der Waals surface area (Å²) in [5, 5.41) is 6.26. The average Bonchev–Trinajstić information content (AvgIpc) is 2.52. The largest absolute Gasteiger partial charge is 0.355 e. The van der Waals surface area contributed by atoms with Crippen LogP contribution in [-0.4, -0.2) is 26.0 Å². The number of benzene rings is 1. The van der Waals surface area contributed by atoms with Crippen LogP contribution < -0.4 is 10.6 Å². The van der Waals surface area contributed by atoms with Crippen LogP contribution >= 0.6 is 15.9 Å². The van der Waals surface area contributed by atoms with Gasteiger partial charge in [0.05, 0.1) is 5.41 Å². The Morgan fingerprint density at radius 1 is 1.24 bits per heavy atom. The van der Waals surface area contributed by atoms with Gasteiger partial charge in [0.2, 0.25) is 5.91 Å². The van der Waals surface area contributed by atoms with Crippen molar-refractivity contribution in [3.63, 3.8) is 0 Å². The highest BCUT2D eigenvalue weighted by atomic mass is 79.9. The van der Waals surface area contributed by atoms with Gasteiger partial charge in [0.15, 0.2) is 0 Å². The first-order valence-electron chi connectivity index (χ1n) is 7.88. The Kier molecular flexibility index (Phi) is 6.24. The number of rotatable bonds is 6. The topological polar surface area (TPSA) is 41.1 Å². The summed E-state index contributed by atoms with van der Waals surface area (Å²) in [6.07, 6.45) is 6.40. The molecule has 1 saturated carbocycles. The molecular weight excluding hydrogens is 328 g/mol. The molecule has 1 amide bonds. The fourth-order valence-electron chi connectivity index (χ4n) is 3.22. The van der Waals surface area contributed by atoms with E-state index in [9.17, 15) is 4.79 Å². The predicted molar refractivity (Wildman–Crippen MR) is 90.5 cm³/mol. The van der Waals surface area contributed by atoms with Crippen LogP contribution in [0.15, 0.2) is 28.7 Å². The van der Waals surface area contributed by atoms with E-state index >= 15 is 0 Å². The average molecular weight is 353 g/mol. The van der Waals surface area contributed by atoms with Crippen LogP contribution in [0.1, 0.15) is 44.1 Å². The van der Waals surface area contributed by atoms with E-state index in [-0.39, 0.29) is 11.3 Å². The Bertz CT molecular complexity index is 470. The number of nitrogens with one attached hydrogen (secondary N) is 2. The second kappa shape index (κ2) is 7.95. The molecule has 0 bridgehead atoms. The van der Waals surface area contributed by atoms with Crippen LogP contribution in [0.5, 0.6) is 0 Å². The second-order valence-corrected chi connectivity index (χ2v) is 6.78. The summed E-state index contributed by atoms with van der Waals surface area (Å²) in [5.41, 5.74) is 0.824. The molecule has 1 aliphatic rings. The van der Waals surface area contributed by atoms with E-state index in [1.807, 2.05) is 19.2 Å². The lowest BCUT2D eigenvalue weighted by Gasteiger charge is -2.36. The fraction of sp³-hybridized carbons (Fsp3) is 0.588. The van der Waals surface area contributed by atoms with Gasteiger partial charge in [-0.15, -0.1) is 0 Å². The Morgan fingerprint density at radius 2 is 2.00 bits per heavy atom. The molecule has 4 heteroatoms. The number of halogens is 1. The normalized spacial score (nSPS) is 17.4. The zero-order valence-electron chi connectivity index (χ0n) is 12.8. The first-order chi connectivity index (χ1) is 10.2. The van der Waals surface area contributed by atoms with Crippen LogP contribution in [-0.2, 0) is 10.2 Å². The molecule has 0 radical (unpaired) electrons. The third-order valence-corrected chi connectivity index (χ3v) is 4.90. The van der Waals surface area contributed by atoms with E-state index in [1.165, 1.54) is 6.42 Å². The van der Waals surface area contributed by atoms with E-state index < -0.39 is 0 Å². The van der Waals surface area contributed by atoms with Gasteiger partial charge in [-0.25, -0.2) is 0 Å². The third-order valence-electron chi connectivity index (χ3n) is 4.41. The molecule has 116 valence electrons. The monoisotopic (exact) mass is 352 g/mol. The zero-order chi connectivity index (χ0) is 15.1. The molecular formula is C17H25BrN2O. The number of carbonyl (C=O) groups excluding carboxylic acids is 1. The highest BCUT2D eigenvalue weighted by molar-refractivity contribution is 9.10. The molecule has 1 aromatic carbocycles. The molecule has 0 aromatic heterocycles. The Morgan fingerprint density at radius 3 is 2.67 bits per heavy atom. The van der Waals surface area contributed by atoms with Crippen molar-refractivity contribution in [1.82, 2.24) is 10.6 Å². The summed E-state index contributed by atoms with van der Waals surface area (Å²) in [5.74, 6) is 0.205. The molecule has 0 aliphatic heterocycles. The molecule has 3 nitrogen and oxygen atoms in total. The van der Waals surface area contributed by atoms with Crippen LogP contribution in [0.25, 0.3) is 0 Å². The number of amides is 1. The molecule has 2 N–H and O–H groups in total. The number of carbonyl (C=O) groups is 1. The summed E-state index contributed by atoms with van der Waals surface area (Å²) in [7, 11) is 1.94. The van der Waals surface area contributed by atoms with Gasteiger partial charge in [0, 0.05) is 11.0 Å². The van der Waals surface area contributed by atoms with Gasteiger partial charge in [0.25, 0.3) is 0 Å². The van der Waals surface area contributed by atoms with Gasteiger partial charge in [0.1, 0.15) is 0 Å². The molecule has 0 spiro atoms. The maximum Gasteiger partial charge on any atom is 0.230 e. The molecule has 0 atom stereocenters. The first kappa shape index (κ1) is 16.5. The Balaban J connectivity index is 2.15. The lowest BCUT2D eigenvalue weighted by Crippen LogP contribution is -2.46. The second-order valence-electron chi connectivity index (χ2n) is 5.87. The Labute approximate surface area is 136 Å². The maximum atomic E-state index is 12.8. The number of hydrogen-bond acceptors (Lipinski definition) is 2. The minimum Gasteiger partial charge on any atom is -0.355 e. The van der Waals surface area contributed by atoms with Gasteiger partial charge >= 0.3 is 0 Å². The van der Waals surface area contributed by atoms with E-state index in [1.54, 1.807) is 0 Å².